The van der Waals surface area contributed by atoms with Gasteiger partial charge < -0.3 is 28.7 Å². The molecule has 2 aromatic rings. The van der Waals surface area contributed by atoms with E-state index in [0.717, 1.165) is 0 Å². The summed E-state index contributed by atoms with van der Waals surface area (Å²) in [5, 5.41) is 0. The van der Waals surface area contributed by atoms with Crippen LogP contribution in [-0.2, 0) is 4.79 Å². The van der Waals surface area contributed by atoms with Crippen LogP contribution >= 0.6 is 0 Å². The molecule has 0 saturated carbocycles. The fraction of sp³-hybridized carbons (Fsp3) is 0.423. The second-order valence-corrected chi connectivity index (χ2v) is 7.81. The summed E-state index contributed by atoms with van der Waals surface area (Å²) in [5.74, 6) is 0.941. The Kier molecular flexibility index (Phi) is 8.94. The molecule has 0 spiro atoms. The van der Waals surface area contributed by atoms with Gasteiger partial charge in [0.2, 0.25) is 5.75 Å². The maximum absolute atomic E-state index is 13.3. The Labute approximate surface area is 205 Å². The summed E-state index contributed by atoms with van der Waals surface area (Å²) >= 11 is 0. The van der Waals surface area contributed by atoms with Crippen LogP contribution in [0.2, 0.25) is 0 Å². The van der Waals surface area contributed by atoms with Crippen LogP contribution in [0.4, 0.5) is 0 Å². The fourth-order valence-electron chi connectivity index (χ4n) is 3.85. The average Bonchev–Trinajstić information content (AvgIpc) is 2.85. The lowest BCUT2D eigenvalue weighted by Gasteiger charge is -2.35. The summed E-state index contributed by atoms with van der Waals surface area (Å²) in [6, 6.07) is 9.87. The molecule has 35 heavy (non-hydrogen) atoms. The number of benzene rings is 2. The van der Waals surface area contributed by atoms with Crippen LogP contribution in [0.1, 0.15) is 48.4 Å². The fourth-order valence-corrected chi connectivity index (χ4v) is 3.85. The normalized spacial score (nSPS) is 13.3. The number of ether oxygens (including phenoxy) is 4. The molecule has 1 aliphatic heterocycles. The molecule has 188 valence electrons. The van der Waals surface area contributed by atoms with E-state index < -0.39 is 5.97 Å². The summed E-state index contributed by atoms with van der Waals surface area (Å²) < 4.78 is 22.2. The highest BCUT2D eigenvalue weighted by Gasteiger charge is 2.27. The van der Waals surface area contributed by atoms with Crippen molar-refractivity contribution in [2.75, 3.05) is 46.0 Å². The number of carbonyl (C=O) groups is 3. The topological polar surface area (TPSA) is 94.6 Å². The van der Waals surface area contributed by atoms with E-state index in [1.165, 1.54) is 6.92 Å². The van der Waals surface area contributed by atoms with Gasteiger partial charge in [-0.2, -0.15) is 0 Å². The highest BCUT2D eigenvalue weighted by molar-refractivity contribution is 5.97. The molecule has 0 aromatic heterocycles. The van der Waals surface area contributed by atoms with Crippen molar-refractivity contribution in [1.82, 2.24) is 9.80 Å². The predicted molar refractivity (Wildman–Crippen MR) is 130 cm³/mol. The lowest BCUT2D eigenvalue weighted by Crippen LogP contribution is -2.50. The summed E-state index contributed by atoms with van der Waals surface area (Å²) in [6.07, 6.45) is 0. The first-order chi connectivity index (χ1) is 16.9. The van der Waals surface area contributed by atoms with Crippen LogP contribution in [-0.4, -0.2) is 73.6 Å². The molecule has 9 heteroatoms. The van der Waals surface area contributed by atoms with Crippen molar-refractivity contribution in [2.24, 2.45) is 0 Å². The van der Waals surface area contributed by atoms with Gasteiger partial charge in [0.25, 0.3) is 11.8 Å². The van der Waals surface area contributed by atoms with Crippen molar-refractivity contribution in [3.05, 3.63) is 47.5 Å². The first-order valence-corrected chi connectivity index (χ1v) is 11.8. The number of rotatable bonds is 9. The standard InChI is InChI=1S/C26H32N2O7/c1-5-32-22-16-20(17-23(33-6-2)24(22)34-7-3)26(31)28-13-11-27(12-14-28)25(30)19-9-8-10-21(15-19)35-18(4)29/h8-10,15-17H,5-7,11-14H2,1-4H3. The van der Waals surface area contributed by atoms with E-state index in [4.69, 9.17) is 18.9 Å². The maximum Gasteiger partial charge on any atom is 0.308 e. The molecule has 1 aliphatic rings. The Balaban J connectivity index is 1.72. The minimum absolute atomic E-state index is 0.168. The van der Waals surface area contributed by atoms with Crippen molar-refractivity contribution in [2.45, 2.75) is 27.7 Å². The molecule has 0 aliphatic carbocycles. The molecular formula is C26H32N2O7. The Morgan fingerprint density at radius 2 is 1.26 bits per heavy atom. The lowest BCUT2D eigenvalue weighted by molar-refractivity contribution is -0.131. The van der Waals surface area contributed by atoms with Gasteiger partial charge in [-0.15, -0.1) is 0 Å². The quantitative estimate of drug-likeness (QED) is 0.398. The smallest absolute Gasteiger partial charge is 0.308 e. The Bertz CT molecular complexity index is 1030. The molecule has 3 rings (SSSR count). The van der Waals surface area contributed by atoms with E-state index in [1.54, 1.807) is 46.2 Å². The van der Waals surface area contributed by atoms with Crippen LogP contribution in [0.15, 0.2) is 36.4 Å². The SMILES string of the molecule is CCOc1cc(C(=O)N2CCN(C(=O)c3cccc(OC(C)=O)c3)CC2)cc(OCC)c1OCC. The van der Waals surface area contributed by atoms with Crippen molar-refractivity contribution in [3.8, 4) is 23.0 Å². The molecule has 9 nitrogen and oxygen atoms in total. The van der Waals surface area contributed by atoms with Crippen LogP contribution in [0.3, 0.4) is 0 Å². The van der Waals surface area contributed by atoms with Crippen molar-refractivity contribution >= 4 is 17.8 Å². The summed E-state index contributed by atoms with van der Waals surface area (Å²) in [7, 11) is 0. The molecule has 1 fully saturated rings. The summed E-state index contributed by atoms with van der Waals surface area (Å²) in [5.41, 5.74) is 0.868. The molecule has 0 radical (unpaired) electrons. The van der Waals surface area contributed by atoms with Gasteiger partial charge in [0.05, 0.1) is 19.8 Å². The van der Waals surface area contributed by atoms with Gasteiger partial charge in [0.15, 0.2) is 11.5 Å². The van der Waals surface area contributed by atoms with Crippen molar-refractivity contribution in [3.63, 3.8) is 0 Å². The van der Waals surface area contributed by atoms with Crippen LogP contribution in [0.25, 0.3) is 0 Å². The van der Waals surface area contributed by atoms with Crippen LogP contribution in [0.5, 0.6) is 23.0 Å². The molecule has 0 atom stereocenters. The minimum atomic E-state index is -0.448. The maximum atomic E-state index is 13.3. The number of piperazine rings is 1. The van der Waals surface area contributed by atoms with Gasteiger partial charge >= 0.3 is 5.97 Å². The molecule has 0 unspecified atom stereocenters. The minimum Gasteiger partial charge on any atom is -0.490 e. The number of carbonyl (C=O) groups excluding carboxylic acids is 3. The Morgan fingerprint density at radius 3 is 1.74 bits per heavy atom. The second-order valence-electron chi connectivity index (χ2n) is 7.81. The largest absolute Gasteiger partial charge is 0.490 e. The number of hydrogen-bond donors (Lipinski definition) is 0. The first kappa shape index (κ1) is 25.9. The number of amides is 2. The molecule has 0 N–H and O–H groups in total. The van der Waals surface area contributed by atoms with Crippen LogP contribution in [0, 0.1) is 0 Å². The highest BCUT2D eigenvalue weighted by Crippen LogP contribution is 2.39. The molecule has 0 bridgehead atoms. The zero-order valence-corrected chi connectivity index (χ0v) is 20.7. The Morgan fingerprint density at radius 1 is 0.743 bits per heavy atom. The van der Waals surface area contributed by atoms with Gasteiger partial charge in [-0.05, 0) is 51.1 Å². The van der Waals surface area contributed by atoms with E-state index in [-0.39, 0.29) is 11.8 Å². The monoisotopic (exact) mass is 484 g/mol. The summed E-state index contributed by atoms with van der Waals surface area (Å²) in [6.45, 7) is 9.72. The average molecular weight is 485 g/mol. The molecular weight excluding hydrogens is 452 g/mol. The molecule has 2 aromatic carbocycles. The van der Waals surface area contributed by atoms with E-state index in [0.29, 0.717) is 80.1 Å². The van der Waals surface area contributed by atoms with E-state index in [2.05, 4.69) is 0 Å². The van der Waals surface area contributed by atoms with Crippen molar-refractivity contribution in [1.29, 1.82) is 0 Å². The second kappa shape index (κ2) is 12.1. The van der Waals surface area contributed by atoms with Gasteiger partial charge in [-0.25, -0.2) is 0 Å². The zero-order valence-electron chi connectivity index (χ0n) is 20.7. The number of esters is 1. The Hall–Kier alpha value is -3.75. The molecule has 1 saturated heterocycles. The van der Waals surface area contributed by atoms with Gasteiger partial charge in [0.1, 0.15) is 5.75 Å². The predicted octanol–water partition coefficient (Wildman–Crippen LogP) is 3.41. The highest BCUT2D eigenvalue weighted by atomic mass is 16.5. The van der Waals surface area contributed by atoms with Crippen molar-refractivity contribution < 1.29 is 33.3 Å². The summed E-state index contributed by atoms with van der Waals surface area (Å²) in [4.78, 5) is 40.8. The van der Waals surface area contributed by atoms with E-state index >= 15 is 0 Å². The van der Waals surface area contributed by atoms with E-state index in [9.17, 15) is 14.4 Å². The third-order valence-corrected chi connectivity index (χ3v) is 5.35. The third kappa shape index (κ3) is 6.44. The zero-order chi connectivity index (χ0) is 25.4. The number of hydrogen-bond acceptors (Lipinski definition) is 7. The molecule has 1 heterocycles. The third-order valence-electron chi connectivity index (χ3n) is 5.35. The van der Waals surface area contributed by atoms with E-state index in [1.807, 2.05) is 20.8 Å². The van der Waals surface area contributed by atoms with Gasteiger partial charge in [0, 0.05) is 44.2 Å². The lowest BCUT2D eigenvalue weighted by atomic mass is 10.1. The van der Waals surface area contributed by atoms with Crippen LogP contribution < -0.4 is 18.9 Å². The molecule has 2 amide bonds. The van der Waals surface area contributed by atoms with Gasteiger partial charge in [-0.1, -0.05) is 6.07 Å². The first-order valence-electron chi connectivity index (χ1n) is 11.8. The number of nitrogens with zero attached hydrogens (tertiary/aromatic N) is 2. The van der Waals surface area contributed by atoms with Gasteiger partial charge in [-0.3, -0.25) is 14.4 Å².